The van der Waals surface area contributed by atoms with Crippen LogP contribution in [0.25, 0.3) is 5.57 Å². The number of benzene rings is 2. The lowest BCUT2D eigenvalue weighted by atomic mass is 9.89. The van der Waals surface area contributed by atoms with Gasteiger partial charge in [-0.2, -0.15) is 0 Å². The Morgan fingerprint density at radius 3 is 2.45 bits per heavy atom. The number of nitrogens with one attached hydrogen (secondary N) is 1. The van der Waals surface area contributed by atoms with E-state index in [-0.39, 0.29) is 11.8 Å². The Bertz CT molecular complexity index is 959. The van der Waals surface area contributed by atoms with Gasteiger partial charge in [-0.25, -0.2) is 9.18 Å². The fourth-order valence-corrected chi connectivity index (χ4v) is 4.52. The van der Waals surface area contributed by atoms with E-state index in [9.17, 15) is 9.18 Å². The minimum absolute atomic E-state index is 0.215. The van der Waals surface area contributed by atoms with Gasteiger partial charge in [0.15, 0.2) is 0 Å². The zero-order valence-corrected chi connectivity index (χ0v) is 18.7. The van der Waals surface area contributed by atoms with Crippen molar-refractivity contribution in [3.63, 3.8) is 0 Å². The van der Waals surface area contributed by atoms with Gasteiger partial charge in [0.2, 0.25) is 0 Å². The van der Waals surface area contributed by atoms with Crippen molar-refractivity contribution in [1.82, 2.24) is 9.80 Å². The van der Waals surface area contributed by atoms with Crippen molar-refractivity contribution < 1.29 is 9.18 Å². The fraction of sp³-hybridized carbons (Fsp3) is 0.423. The van der Waals surface area contributed by atoms with E-state index in [2.05, 4.69) is 61.3 Å². The molecule has 4 nitrogen and oxygen atoms in total. The summed E-state index contributed by atoms with van der Waals surface area (Å²) in [4.78, 5) is 17.1. The van der Waals surface area contributed by atoms with Gasteiger partial charge in [-0.1, -0.05) is 48.0 Å². The summed E-state index contributed by atoms with van der Waals surface area (Å²) in [5.41, 5.74) is 4.75. The molecule has 0 atom stereocenters. The second-order valence-corrected chi connectivity index (χ2v) is 9.02. The highest BCUT2D eigenvalue weighted by Crippen LogP contribution is 2.32. The number of halogens is 1. The number of rotatable bonds is 4. The van der Waals surface area contributed by atoms with E-state index < -0.39 is 0 Å². The van der Waals surface area contributed by atoms with Crippen LogP contribution >= 0.6 is 0 Å². The molecule has 4 rings (SSSR count). The Hall–Kier alpha value is -2.66. The number of hydrogen-bond acceptors (Lipinski definition) is 2. The largest absolute Gasteiger partial charge is 0.324 e. The zero-order chi connectivity index (χ0) is 22.0. The molecule has 1 N–H and O–H groups in total. The maximum absolute atomic E-state index is 14.7. The molecule has 0 aromatic heterocycles. The molecular weight excluding hydrogens is 389 g/mol. The van der Waals surface area contributed by atoms with Crippen LogP contribution in [-0.4, -0.2) is 48.1 Å². The molecule has 2 heterocycles. The van der Waals surface area contributed by atoms with Crippen LogP contribution in [0.1, 0.15) is 49.3 Å². The minimum Gasteiger partial charge on any atom is -0.324 e. The van der Waals surface area contributed by atoms with Gasteiger partial charge < -0.3 is 10.2 Å². The van der Waals surface area contributed by atoms with E-state index in [4.69, 9.17) is 0 Å². The van der Waals surface area contributed by atoms with E-state index in [1.165, 1.54) is 17.2 Å². The van der Waals surface area contributed by atoms with E-state index >= 15 is 0 Å². The molecular formula is C26H32FN3O. The zero-order valence-electron chi connectivity index (χ0n) is 18.7. The molecule has 2 aliphatic heterocycles. The van der Waals surface area contributed by atoms with Crippen LogP contribution in [0.4, 0.5) is 14.9 Å². The van der Waals surface area contributed by atoms with Crippen LogP contribution in [0.2, 0.25) is 0 Å². The normalized spacial score (nSPS) is 17.8. The van der Waals surface area contributed by atoms with Crippen molar-refractivity contribution in [2.45, 2.75) is 45.6 Å². The molecule has 2 aromatic carbocycles. The van der Waals surface area contributed by atoms with Crippen LogP contribution in [0.5, 0.6) is 0 Å². The summed E-state index contributed by atoms with van der Waals surface area (Å²) in [5, 5.41) is 2.88. The summed E-state index contributed by atoms with van der Waals surface area (Å²) in [5.74, 6) is 0.0867. The highest BCUT2D eigenvalue weighted by Gasteiger charge is 2.26. The first-order valence-electron chi connectivity index (χ1n) is 11.3. The Morgan fingerprint density at radius 2 is 1.81 bits per heavy atom. The lowest BCUT2D eigenvalue weighted by Gasteiger charge is -2.32. The number of likely N-dealkylation sites (tertiary alicyclic amines) is 1. The third-order valence-corrected chi connectivity index (χ3v) is 6.60. The number of carbonyl (C=O) groups excluding carboxylic acids is 1. The number of nitrogens with zero attached hydrogens (tertiary/aromatic N) is 2. The standard InChI is InChI=1S/C26H32FN3O/c1-18(2)30-16-13-22(17-30)23-5-4-6-24(27)25(23)28-26(31)29-14-11-21(12-15-29)20-9-7-19(3)8-10-20/h4-10,13,18,21H,11-12,14-17H2,1-3H3,(H,28,31). The second kappa shape index (κ2) is 9.23. The molecule has 0 aliphatic carbocycles. The van der Waals surface area contributed by atoms with Gasteiger partial charge in [-0.05, 0) is 56.7 Å². The highest BCUT2D eigenvalue weighted by molar-refractivity contribution is 5.93. The number of aryl methyl sites for hydroxylation is 1. The van der Waals surface area contributed by atoms with Gasteiger partial charge in [0.1, 0.15) is 5.82 Å². The first-order valence-corrected chi connectivity index (χ1v) is 11.3. The lowest BCUT2D eigenvalue weighted by Crippen LogP contribution is -2.40. The van der Waals surface area contributed by atoms with Gasteiger partial charge >= 0.3 is 6.03 Å². The highest BCUT2D eigenvalue weighted by atomic mass is 19.1. The molecule has 0 unspecified atom stereocenters. The number of para-hydroxylation sites is 1. The van der Waals surface area contributed by atoms with Crippen LogP contribution < -0.4 is 5.32 Å². The van der Waals surface area contributed by atoms with E-state index in [0.717, 1.165) is 37.1 Å². The van der Waals surface area contributed by atoms with Crippen molar-refractivity contribution in [2.75, 3.05) is 31.5 Å². The Balaban J connectivity index is 1.42. The molecule has 2 aromatic rings. The average Bonchev–Trinajstić information content (AvgIpc) is 3.26. The molecule has 0 saturated carbocycles. The van der Waals surface area contributed by atoms with Crippen molar-refractivity contribution in [2.24, 2.45) is 0 Å². The van der Waals surface area contributed by atoms with Gasteiger partial charge in [0.05, 0.1) is 5.69 Å². The van der Waals surface area contributed by atoms with E-state index in [1.807, 2.05) is 11.0 Å². The number of anilines is 1. The summed E-state index contributed by atoms with van der Waals surface area (Å²) in [6.45, 7) is 9.39. The molecule has 0 radical (unpaired) electrons. The fourth-order valence-electron chi connectivity index (χ4n) is 4.52. The molecule has 31 heavy (non-hydrogen) atoms. The maximum Gasteiger partial charge on any atom is 0.321 e. The van der Waals surface area contributed by atoms with Gasteiger partial charge in [-0.3, -0.25) is 4.90 Å². The summed E-state index contributed by atoms with van der Waals surface area (Å²) >= 11 is 0. The molecule has 0 bridgehead atoms. The SMILES string of the molecule is Cc1ccc(C2CCN(C(=O)Nc3c(F)cccc3C3=CCN(C(C)C)C3)CC2)cc1. The molecule has 164 valence electrons. The Labute approximate surface area is 184 Å². The number of piperidine rings is 1. The van der Waals surface area contributed by atoms with Crippen molar-refractivity contribution >= 4 is 17.3 Å². The minimum atomic E-state index is -0.385. The Morgan fingerprint density at radius 1 is 1.10 bits per heavy atom. The quantitative estimate of drug-likeness (QED) is 0.692. The predicted octanol–water partition coefficient (Wildman–Crippen LogP) is 5.65. The molecule has 1 fully saturated rings. The van der Waals surface area contributed by atoms with Crippen LogP contribution in [0.3, 0.4) is 0 Å². The summed E-state index contributed by atoms with van der Waals surface area (Å²) in [7, 11) is 0. The van der Waals surface area contributed by atoms with Gasteiger partial charge in [0, 0.05) is 37.8 Å². The lowest BCUT2D eigenvalue weighted by molar-refractivity contribution is 0.194. The average molecular weight is 422 g/mol. The third kappa shape index (κ3) is 4.82. The summed E-state index contributed by atoms with van der Waals surface area (Å²) in [6.07, 6.45) is 3.99. The van der Waals surface area contributed by atoms with Crippen LogP contribution in [0, 0.1) is 12.7 Å². The van der Waals surface area contributed by atoms with Crippen LogP contribution in [0.15, 0.2) is 48.5 Å². The van der Waals surface area contributed by atoms with Gasteiger partial charge in [0.25, 0.3) is 0 Å². The molecule has 0 spiro atoms. The summed E-state index contributed by atoms with van der Waals surface area (Å²) in [6, 6.07) is 13.9. The molecule has 2 amide bonds. The van der Waals surface area contributed by atoms with E-state index in [1.54, 1.807) is 6.07 Å². The van der Waals surface area contributed by atoms with Crippen LogP contribution in [-0.2, 0) is 0 Å². The van der Waals surface area contributed by atoms with Gasteiger partial charge in [-0.15, -0.1) is 0 Å². The number of hydrogen-bond donors (Lipinski definition) is 1. The maximum atomic E-state index is 14.7. The van der Waals surface area contributed by atoms with Crippen molar-refractivity contribution in [3.05, 3.63) is 71.0 Å². The van der Waals surface area contributed by atoms with Crippen molar-refractivity contribution in [3.8, 4) is 0 Å². The topological polar surface area (TPSA) is 35.6 Å². The molecule has 1 saturated heterocycles. The predicted molar refractivity (Wildman–Crippen MR) is 125 cm³/mol. The third-order valence-electron chi connectivity index (χ3n) is 6.60. The smallest absolute Gasteiger partial charge is 0.321 e. The Kier molecular flexibility index (Phi) is 6.42. The number of amides is 2. The molecule has 2 aliphatic rings. The first-order chi connectivity index (χ1) is 14.9. The number of carbonyl (C=O) groups is 1. The second-order valence-electron chi connectivity index (χ2n) is 9.02. The molecule has 5 heteroatoms. The monoisotopic (exact) mass is 421 g/mol. The summed E-state index contributed by atoms with van der Waals surface area (Å²) < 4.78 is 14.7. The van der Waals surface area contributed by atoms with Crippen molar-refractivity contribution in [1.29, 1.82) is 0 Å². The van der Waals surface area contributed by atoms with E-state index in [0.29, 0.717) is 30.7 Å². The first kappa shape index (κ1) is 21.6. The number of urea groups is 1.